The minimum atomic E-state index is -0.539. The molecule has 1 unspecified atom stereocenters. The van der Waals surface area contributed by atoms with Gasteiger partial charge < -0.3 is 14.2 Å². The van der Waals surface area contributed by atoms with Gasteiger partial charge in [0.05, 0.1) is 18.7 Å². The van der Waals surface area contributed by atoms with Crippen LogP contribution >= 0.6 is 0 Å². The van der Waals surface area contributed by atoms with Crippen molar-refractivity contribution in [1.29, 1.82) is 0 Å². The van der Waals surface area contributed by atoms with E-state index in [1.54, 1.807) is 24.3 Å². The number of para-hydroxylation sites is 1. The molecule has 0 bridgehead atoms. The second kappa shape index (κ2) is 6.79. The topological polar surface area (TPSA) is 68.5 Å². The Kier molecular flexibility index (Phi) is 4.31. The molecule has 1 aromatic heterocycles. The smallest absolute Gasteiger partial charge is 0.232 e. The average molecular weight is 371 g/mol. The van der Waals surface area contributed by atoms with Gasteiger partial charge in [-0.1, -0.05) is 17.3 Å². The summed E-state index contributed by atoms with van der Waals surface area (Å²) in [5.74, 6) is -1.00. The minimum Gasteiger partial charge on any atom is -0.494 e. The molecule has 8 heteroatoms. The Morgan fingerprint density at radius 3 is 2.74 bits per heavy atom. The van der Waals surface area contributed by atoms with Gasteiger partial charge in [-0.15, -0.1) is 0 Å². The second-order valence-electron chi connectivity index (χ2n) is 6.16. The van der Waals surface area contributed by atoms with Crippen molar-refractivity contribution < 1.29 is 22.8 Å². The molecule has 0 aliphatic carbocycles. The van der Waals surface area contributed by atoms with E-state index in [-0.39, 0.29) is 47.9 Å². The molecule has 2 heterocycles. The molecular formula is C19H15F2N3O3. The maximum atomic E-state index is 14.0. The van der Waals surface area contributed by atoms with Crippen molar-refractivity contribution in [3.63, 3.8) is 0 Å². The van der Waals surface area contributed by atoms with Crippen molar-refractivity contribution in [2.45, 2.75) is 12.3 Å². The van der Waals surface area contributed by atoms with E-state index >= 15 is 0 Å². The van der Waals surface area contributed by atoms with Crippen molar-refractivity contribution in [2.24, 2.45) is 0 Å². The molecule has 138 valence electrons. The van der Waals surface area contributed by atoms with Gasteiger partial charge in [0, 0.05) is 18.5 Å². The Morgan fingerprint density at radius 1 is 1.19 bits per heavy atom. The lowest BCUT2D eigenvalue weighted by molar-refractivity contribution is -0.117. The molecule has 3 aromatic rings. The zero-order valence-corrected chi connectivity index (χ0v) is 14.4. The molecule has 1 atom stereocenters. The van der Waals surface area contributed by atoms with Crippen molar-refractivity contribution in [3.05, 3.63) is 60.0 Å². The first-order valence-corrected chi connectivity index (χ1v) is 8.29. The van der Waals surface area contributed by atoms with Crippen LogP contribution in [-0.2, 0) is 4.79 Å². The van der Waals surface area contributed by atoms with Gasteiger partial charge in [0.15, 0.2) is 11.6 Å². The van der Waals surface area contributed by atoms with Crippen molar-refractivity contribution in [1.82, 2.24) is 10.1 Å². The van der Waals surface area contributed by atoms with Crippen LogP contribution in [0.2, 0.25) is 0 Å². The van der Waals surface area contributed by atoms with E-state index in [0.717, 1.165) is 0 Å². The summed E-state index contributed by atoms with van der Waals surface area (Å²) in [6, 6.07) is 10.4. The van der Waals surface area contributed by atoms with E-state index in [0.29, 0.717) is 5.56 Å². The molecule has 1 amide bonds. The third kappa shape index (κ3) is 3.14. The van der Waals surface area contributed by atoms with Crippen LogP contribution in [0.15, 0.2) is 47.0 Å². The highest BCUT2D eigenvalue weighted by Gasteiger charge is 2.36. The molecule has 2 aromatic carbocycles. The van der Waals surface area contributed by atoms with Gasteiger partial charge in [0.1, 0.15) is 5.82 Å². The largest absolute Gasteiger partial charge is 0.494 e. The predicted octanol–water partition coefficient (Wildman–Crippen LogP) is 3.54. The molecular weight excluding hydrogens is 356 g/mol. The number of halogens is 2. The first kappa shape index (κ1) is 17.1. The van der Waals surface area contributed by atoms with E-state index in [2.05, 4.69) is 10.1 Å². The Morgan fingerprint density at radius 2 is 2.00 bits per heavy atom. The van der Waals surface area contributed by atoms with E-state index in [1.165, 1.54) is 30.2 Å². The normalized spacial score (nSPS) is 16.8. The third-order valence-corrected chi connectivity index (χ3v) is 4.47. The van der Waals surface area contributed by atoms with Gasteiger partial charge in [-0.05, 0) is 30.3 Å². The molecule has 0 radical (unpaired) electrons. The highest BCUT2D eigenvalue weighted by Crippen LogP contribution is 2.33. The summed E-state index contributed by atoms with van der Waals surface area (Å²) < 4.78 is 38.0. The summed E-state index contributed by atoms with van der Waals surface area (Å²) >= 11 is 0. The summed E-state index contributed by atoms with van der Waals surface area (Å²) in [7, 11) is 1.38. The maximum Gasteiger partial charge on any atom is 0.232 e. The number of benzene rings is 2. The number of aromatic nitrogens is 2. The van der Waals surface area contributed by atoms with Crippen molar-refractivity contribution in [2.75, 3.05) is 18.6 Å². The van der Waals surface area contributed by atoms with E-state index < -0.39 is 11.6 Å². The molecule has 6 nitrogen and oxygen atoms in total. The fraction of sp³-hybridized carbons (Fsp3) is 0.211. The maximum absolute atomic E-state index is 14.0. The van der Waals surface area contributed by atoms with Crippen LogP contribution in [0, 0.1) is 11.6 Å². The number of nitrogens with zero attached hydrogens (tertiary/aromatic N) is 3. The molecule has 4 rings (SSSR count). The van der Waals surface area contributed by atoms with Gasteiger partial charge in [-0.25, -0.2) is 8.78 Å². The molecule has 0 spiro atoms. The zero-order valence-electron chi connectivity index (χ0n) is 14.4. The van der Waals surface area contributed by atoms with Crippen LogP contribution in [0.5, 0.6) is 5.75 Å². The molecule has 27 heavy (non-hydrogen) atoms. The number of amides is 1. The molecule has 0 N–H and O–H groups in total. The third-order valence-electron chi connectivity index (χ3n) is 4.47. The van der Waals surface area contributed by atoms with Crippen LogP contribution in [0.1, 0.15) is 18.2 Å². The predicted molar refractivity (Wildman–Crippen MR) is 92.4 cm³/mol. The van der Waals surface area contributed by atoms with Crippen molar-refractivity contribution in [3.8, 4) is 17.1 Å². The number of ether oxygens (including phenoxy) is 1. The minimum absolute atomic E-state index is 0.115. The highest BCUT2D eigenvalue weighted by molar-refractivity contribution is 5.96. The number of hydrogen-bond acceptors (Lipinski definition) is 5. The van der Waals surface area contributed by atoms with Crippen LogP contribution in [0.25, 0.3) is 11.4 Å². The fourth-order valence-electron chi connectivity index (χ4n) is 3.10. The summed E-state index contributed by atoms with van der Waals surface area (Å²) in [4.78, 5) is 18.0. The Balaban J connectivity index is 1.57. The highest BCUT2D eigenvalue weighted by atomic mass is 19.1. The van der Waals surface area contributed by atoms with Gasteiger partial charge >= 0.3 is 0 Å². The summed E-state index contributed by atoms with van der Waals surface area (Å²) in [5, 5.41) is 3.87. The van der Waals surface area contributed by atoms with Crippen LogP contribution in [0.4, 0.5) is 14.5 Å². The average Bonchev–Trinajstić information content (AvgIpc) is 3.29. The van der Waals surface area contributed by atoms with Crippen LogP contribution in [-0.4, -0.2) is 29.7 Å². The first-order valence-electron chi connectivity index (χ1n) is 8.29. The van der Waals surface area contributed by atoms with E-state index in [9.17, 15) is 13.6 Å². The van der Waals surface area contributed by atoms with Crippen molar-refractivity contribution >= 4 is 11.6 Å². The molecule has 1 fully saturated rings. The standard InChI is InChI=1S/C19H15F2N3O3/c1-26-16-7-6-11(8-14(16)21)18-22-19(27-23-18)12-9-17(25)24(10-12)15-5-3-2-4-13(15)20/h2-8,12H,9-10H2,1H3. The molecule has 1 aliphatic rings. The number of carbonyl (C=O) groups is 1. The van der Waals surface area contributed by atoms with Crippen LogP contribution < -0.4 is 9.64 Å². The number of carbonyl (C=O) groups excluding carboxylic acids is 1. The van der Waals surface area contributed by atoms with E-state index in [4.69, 9.17) is 9.26 Å². The van der Waals surface area contributed by atoms with Gasteiger partial charge in [0.2, 0.25) is 17.6 Å². The number of hydrogen-bond donors (Lipinski definition) is 0. The SMILES string of the molecule is COc1ccc(-c2noc(C3CC(=O)N(c4ccccc4F)C3)n2)cc1F. The molecule has 1 saturated heterocycles. The molecule has 0 saturated carbocycles. The fourth-order valence-corrected chi connectivity index (χ4v) is 3.10. The molecule has 1 aliphatic heterocycles. The van der Waals surface area contributed by atoms with Gasteiger partial charge in [-0.3, -0.25) is 4.79 Å². The first-order chi connectivity index (χ1) is 13.1. The summed E-state index contributed by atoms with van der Waals surface area (Å²) in [5.41, 5.74) is 0.653. The van der Waals surface area contributed by atoms with E-state index in [1.807, 2.05) is 0 Å². The Bertz CT molecular complexity index is 1010. The number of methoxy groups -OCH3 is 1. The second-order valence-corrected chi connectivity index (χ2v) is 6.16. The number of rotatable bonds is 4. The van der Waals surface area contributed by atoms with Gasteiger partial charge in [0.25, 0.3) is 0 Å². The summed E-state index contributed by atoms with van der Waals surface area (Å²) in [6.45, 7) is 0.234. The van der Waals surface area contributed by atoms with Gasteiger partial charge in [-0.2, -0.15) is 4.98 Å². The monoisotopic (exact) mass is 371 g/mol. The quantitative estimate of drug-likeness (QED) is 0.702. The lowest BCUT2D eigenvalue weighted by Crippen LogP contribution is -2.25. The number of anilines is 1. The Labute approximate surface area is 153 Å². The lowest BCUT2D eigenvalue weighted by atomic mass is 10.1. The summed E-state index contributed by atoms with van der Waals surface area (Å²) in [6.07, 6.45) is 0.132. The van der Waals surface area contributed by atoms with Crippen LogP contribution in [0.3, 0.4) is 0 Å². The lowest BCUT2D eigenvalue weighted by Gasteiger charge is -2.16. The Hall–Kier alpha value is -3.29. The zero-order chi connectivity index (χ0) is 19.0.